The number of nitrogens with zero attached hydrogens (tertiary/aromatic N) is 4. The lowest BCUT2D eigenvalue weighted by atomic mass is 9.81. The third kappa shape index (κ3) is 4.82. The molecule has 0 unspecified atom stereocenters. The molecule has 2 aromatic rings. The molecular formula is C19H23F3N4O2. The molecule has 1 aliphatic rings. The molecule has 0 N–H and O–H groups in total. The van der Waals surface area contributed by atoms with Crippen LogP contribution in [0.15, 0.2) is 30.7 Å². The van der Waals surface area contributed by atoms with Gasteiger partial charge in [0, 0.05) is 25.2 Å². The SMILES string of the molecule is COC=C[C@H]1CC[C@H](c2nnc(COc3cc(C(F)(F)F)ccn3)n2C)CC1. The zero-order valence-corrected chi connectivity index (χ0v) is 15.8. The summed E-state index contributed by atoms with van der Waals surface area (Å²) >= 11 is 0. The second-order valence-corrected chi connectivity index (χ2v) is 6.88. The molecule has 9 heteroatoms. The third-order valence-electron chi connectivity index (χ3n) is 5.03. The van der Waals surface area contributed by atoms with E-state index in [2.05, 4.69) is 21.3 Å². The molecule has 152 valence electrons. The Morgan fingerprint density at radius 3 is 2.64 bits per heavy atom. The van der Waals surface area contributed by atoms with Crippen LogP contribution in [0.25, 0.3) is 0 Å². The second kappa shape index (κ2) is 8.62. The van der Waals surface area contributed by atoms with Gasteiger partial charge in [-0.05, 0) is 43.7 Å². The van der Waals surface area contributed by atoms with Crippen LogP contribution in [-0.2, 0) is 24.6 Å². The molecule has 0 atom stereocenters. The number of allylic oxidation sites excluding steroid dienone is 1. The fourth-order valence-electron chi connectivity index (χ4n) is 3.42. The van der Waals surface area contributed by atoms with E-state index in [9.17, 15) is 13.2 Å². The maximum Gasteiger partial charge on any atom is 0.416 e. The largest absolute Gasteiger partial charge is 0.505 e. The third-order valence-corrected chi connectivity index (χ3v) is 5.03. The van der Waals surface area contributed by atoms with Crippen molar-refractivity contribution in [3.63, 3.8) is 0 Å². The summed E-state index contributed by atoms with van der Waals surface area (Å²) in [5.74, 6) is 2.16. The highest BCUT2D eigenvalue weighted by Crippen LogP contribution is 2.35. The quantitative estimate of drug-likeness (QED) is 0.684. The molecule has 0 saturated heterocycles. The summed E-state index contributed by atoms with van der Waals surface area (Å²) < 4.78 is 50.6. The van der Waals surface area contributed by atoms with E-state index in [0.717, 1.165) is 49.8 Å². The lowest BCUT2D eigenvalue weighted by molar-refractivity contribution is -0.137. The Bertz CT molecular complexity index is 812. The van der Waals surface area contributed by atoms with Crippen LogP contribution in [0.4, 0.5) is 13.2 Å². The minimum absolute atomic E-state index is 0.00370. The van der Waals surface area contributed by atoms with E-state index in [1.165, 1.54) is 0 Å². The Balaban J connectivity index is 1.61. The Morgan fingerprint density at radius 2 is 1.96 bits per heavy atom. The molecule has 0 bridgehead atoms. The molecule has 28 heavy (non-hydrogen) atoms. The van der Waals surface area contributed by atoms with E-state index >= 15 is 0 Å². The first-order valence-electron chi connectivity index (χ1n) is 9.12. The number of aromatic nitrogens is 4. The summed E-state index contributed by atoms with van der Waals surface area (Å²) in [7, 11) is 3.49. The number of ether oxygens (including phenoxy) is 2. The molecule has 2 heterocycles. The van der Waals surface area contributed by atoms with Gasteiger partial charge in [-0.15, -0.1) is 10.2 Å². The van der Waals surface area contributed by atoms with Gasteiger partial charge in [0.1, 0.15) is 12.4 Å². The van der Waals surface area contributed by atoms with Gasteiger partial charge in [0.05, 0.1) is 18.9 Å². The van der Waals surface area contributed by atoms with Crippen molar-refractivity contribution in [2.24, 2.45) is 13.0 Å². The Labute approximate surface area is 161 Å². The zero-order valence-electron chi connectivity index (χ0n) is 15.8. The maximum absolute atomic E-state index is 12.8. The Morgan fingerprint density at radius 1 is 1.21 bits per heavy atom. The van der Waals surface area contributed by atoms with Crippen LogP contribution in [0.1, 0.15) is 48.8 Å². The zero-order chi connectivity index (χ0) is 20.1. The van der Waals surface area contributed by atoms with Crippen molar-refractivity contribution in [2.75, 3.05) is 7.11 Å². The molecule has 0 amide bonds. The number of alkyl halides is 3. The van der Waals surface area contributed by atoms with Crippen molar-refractivity contribution in [2.45, 2.75) is 44.4 Å². The van der Waals surface area contributed by atoms with E-state index in [-0.39, 0.29) is 12.5 Å². The van der Waals surface area contributed by atoms with Crippen LogP contribution in [0.5, 0.6) is 5.88 Å². The highest BCUT2D eigenvalue weighted by molar-refractivity contribution is 5.23. The van der Waals surface area contributed by atoms with Crippen molar-refractivity contribution in [1.82, 2.24) is 19.7 Å². The van der Waals surface area contributed by atoms with Gasteiger partial charge in [0.15, 0.2) is 5.82 Å². The lowest BCUT2D eigenvalue weighted by Gasteiger charge is -2.25. The summed E-state index contributed by atoms with van der Waals surface area (Å²) in [4.78, 5) is 3.83. The van der Waals surface area contributed by atoms with Crippen LogP contribution in [0, 0.1) is 5.92 Å². The molecule has 3 rings (SSSR count). The fraction of sp³-hybridized carbons (Fsp3) is 0.526. The van der Waals surface area contributed by atoms with Crippen molar-refractivity contribution >= 4 is 0 Å². The molecule has 0 aromatic carbocycles. The van der Waals surface area contributed by atoms with Gasteiger partial charge < -0.3 is 14.0 Å². The van der Waals surface area contributed by atoms with Gasteiger partial charge in [-0.3, -0.25) is 0 Å². The number of rotatable bonds is 6. The normalized spacial score (nSPS) is 20.5. The average molecular weight is 396 g/mol. The number of pyridine rings is 1. The van der Waals surface area contributed by atoms with Gasteiger partial charge in [-0.2, -0.15) is 13.2 Å². The van der Waals surface area contributed by atoms with Gasteiger partial charge in [-0.25, -0.2) is 4.98 Å². The van der Waals surface area contributed by atoms with Crippen LogP contribution in [0.3, 0.4) is 0 Å². The van der Waals surface area contributed by atoms with Crippen LogP contribution in [0.2, 0.25) is 0 Å². The molecule has 6 nitrogen and oxygen atoms in total. The Kier molecular flexibility index (Phi) is 6.21. The highest BCUT2D eigenvalue weighted by Gasteiger charge is 2.31. The van der Waals surface area contributed by atoms with E-state index in [1.807, 2.05) is 11.6 Å². The Hall–Kier alpha value is -2.58. The number of methoxy groups -OCH3 is 1. The van der Waals surface area contributed by atoms with E-state index in [0.29, 0.717) is 17.7 Å². The molecule has 0 radical (unpaired) electrons. The number of halogens is 3. The van der Waals surface area contributed by atoms with E-state index < -0.39 is 11.7 Å². The van der Waals surface area contributed by atoms with Crippen LogP contribution in [-0.4, -0.2) is 26.9 Å². The second-order valence-electron chi connectivity index (χ2n) is 6.88. The molecule has 1 fully saturated rings. The van der Waals surface area contributed by atoms with Crippen LogP contribution < -0.4 is 4.74 Å². The van der Waals surface area contributed by atoms with Crippen LogP contribution >= 0.6 is 0 Å². The smallest absolute Gasteiger partial charge is 0.416 e. The topological polar surface area (TPSA) is 62.1 Å². The minimum atomic E-state index is -4.43. The predicted octanol–water partition coefficient (Wildman–Crippen LogP) is 4.24. The average Bonchev–Trinajstić information content (AvgIpc) is 3.05. The molecule has 1 aliphatic carbocycles. The lowest BCUT2D eigenvalue weighted by Crippen LogP contribution is -2.16. The molecule has 0 aliphatic heterocycles. The number of hydrogen-bond acceptors (Lipinski definition) is 5. The predicted molar refractivity (Wildman–Crippen MR) is 95.4 cm³/mol. The summed E-state index contributed by atoms with van der Waals surface area (Å²) in [6.45, 7) is 0.00370. The highest BCUT2D eigenvalue weighted by atomic mass is 19.4. The molecule has 2 aromatic heterocycles. The van der Waals surface area contributed by atoms with Crippen molar-refractivity contribution in [3.8, 4) is 5.88 Å². The number of hydrogen-bond donors (Lipinski definition) is 0. The van der Waals surface area contributed by atoms with Gasteiger partial charge in [0.25, 0.3) is 0 Å². The summed E-state index contributed by atoms with van der Waals surface area (Å²) in [6.07, 6.45) is 4.57. The van der Waals surface area contributed by atoms with Gasteiger partial charge in [0.2, 0.25) is 5.88 Å². The molecule has 1 saturated carbocycles. The first-order valence-corrected chi connectivity index (χ1v) is 9.12. The fourth-order valence-corrected chi connectivity index (χ4v) is 3.42. The molecule has 0 spiro atoms. The van der Waals surface area contributed by atoms with E-state index in [4.69, 9.17) is 9.47 Å². The first kappa shape index (κ1) is 20.2. The minimum Gasteiger partial charge on any atom is -0.505 e. The van der Waals surface area contributed by atoms with Crippen molar-refractivity contribution < 1.29 is 22.6 Å². The maximum atomic E-state index is 12.8. The summed E-state index contributed by atoms with van der Waals surface area (Å²) in [5, 5.41) is 8.44. The van der Waals surface area contributed by atoms with Gasteiger partial charge >= 0.3 is 6.18 Å². The van der Waals surface area contributed by atoms with Crippen molar-refractivity contribution in [1.29, 1.82) is 0 Å². The molecular weight excluding hydrogens is 373 g/mol. The van der Waals surface area contributed by atoms with E-state index in [1.54, 1.807) is 13.4 Å². The van der Waals surface area contributed by atoms with Gasteiger partial charge in [-0.1, -0.05) is 0 Å². The first-order chi connectivity index (χ1) is 13.4. The standard InChI is InChI=1S/C19H23F3N4O2/c1-26-16(12-28-17-11-15(7-9-23-17)19(20,21)22)24-25-18(26)14-5-3-13(4-6-14)8-10-27-2/h7-11,13-14H,3-6,12H2,1-2H3/t13-,14-. The summed E-state index contributed by atoms with van der Waals surface area (Å²) in [6, 6.07) is 1.79. The van der Waals surface area contributed by atoms with Crippen molar-refractivity contribution in [3.05, 3.63) is 47.9 Å². The monoisotopic (exact) mass is 396 g/mol. The summed E-state index contributed by atoms with van der Waals surface area (Å²) in [5.41, 5.74) is -0.796.